The maximum absolute atomic E-state index is 12.0. The Morgan fingerprint density at radius 3 is 2.38 bits per heavy atom. The Morgan fingerprint density at radius 1 is 1.04 bits per heavy atom. The molecule has 0 saturated heterocycles. The molecule has 138 valence electrons. The molecule has 6 heteroatoms. The number of hydrogen-bond acceptors (Lipinski definition) is 5. The highest BCUT2D eigenvalue weighted by Crippen LogP contribution is 2.24. The van der Waals surface area contributed by atoms with E-state index < -0.39 is 0 Å². The standard InChI is InChI=1S/C20H23NO4S/c1-14(22)16-6-9-19(25-3)17(10-16)12-26-13-20(23)21-11-15-4-7-18(24-2)8-5-15/h4-10H,11-13H2,1-3H3,(H,21,23). The highest BCUT2D eigenvalue weighted by atomic mass is 32.2. The predicted octanol–water partition coefficient (Wildman–Crippen LogP) is 3.46. The number of amides is 1. The summed E-state index contributed by atoms with van der Waals surface area (Å²) in [5, 5.41) is 2.89. The molecule has 0 aromatic heterocycles. The summed E-state index contributed by atoms with van der Waals surface area (Å²) >= 11 is 1.48. The smallest absolute Gasteiger partial charge is 0.230 e. The number of ether oxygens (including phenoxy) is 2. The number of hydrogen-bond donors (Lipinski definition) is 1. The number of methoxy groups -OCH3 is 2. The second-order valence-corrected chi connectivity index (χ2v) is 6.69. The summed E-state index contributed by atoms with van der Waals surface area (Å²) in [4.78, 5) is 23.5. The molecule has 1 amide bonds. The number of ketones is 1. The monoisotopic (exact) mass is 373 g/mol. The zero-order valence-corrected chi connectivity index (χ0v) is 16.0. The quantitative estimate of drug-likeness (QED) is 0.682. The zero-order chi connectivity index (χ0) is 18.9. The summed E-state index contributed by atoms with van der Waals surface area (Å²) in [6, 6.07) is 12.9. The Kier molecular flexibility index (Phi) is 7.53. The first-order valence-corrected chi connectivity index (χ1v) is 9.34. The first-order valence-electron chi connectivity index (χ1n) is 8.18. The lowest BCUT2D eigenvalue weighted by Gasteiger charge is -2.10. The van der Waals surface area contributed by atoms with E-state index in [-0.39, 0.29) is 11.7 Å². The number of benzene rings is 2. The predicted molar refractivity (Wildman–Crippen MR) is 104 cm³/mol. The molecule has 0 fully saturated rings. The number of nitrogens with one attached hydrogen (secondary N) is 1. The van der Waals surface area contributed by atoms with Crippen molar-refractivity contribution in [2.24, 2.45) is 0 Å². The van der Waals surface area contributed by atoms with E-state index in [0.29, 0.717) is 23.6 Å². The van der Waals surface area contributed by atoms with Crippen LogP contribution in [0.15, 0.2) is 42.5 Å². The highest BCUT2D eigenvalue weighted by Gasteiger charge is 2.09. The summed E-state index contributed by atoms with van der Waals surface area (Å²) in [5.41, 5.74) is 2.57. The summed E-state index contributed by atoms with van der Waals surface area (Å²) in [7, 11) is 3.22. The van der Waals surface area contributed by atoms with Crippen molar-refractivity contribution >= 4 is 23.5 Å². The van der Waals surface area contributed by atoms with Crippen molar-refractivity contribution < 1.29 is 19.1 Å². The van der Waals surface area contributed by atoms with Crippen LogP contribution in [0.2, 0.25) is 0 Å². The number of carbonyl (C=O) groups excluding carboxylic acids is 2. The lowest BCUT2D eigenvalue weighted by molar-refractivity contribution is -0.118. The van der Waals surface area contributed by atoms with E-state index in [1.165, 1.54) is 18.7 Å². The molecule has 0 unspecified atom stereocenters. The van der Waals surface area contributed by atoms with Crippen LogP contribution in [-0.4, -0.2) is 31.7 Å². The molecule has 2 aromatic carbocycles. The van der Waals surface area contributed by atoms with Gasteiger partial charge in [0.15, 0.2) is 5.78 Å². The van der Waals surface area contributed by atoms with E-state index in [9.17, 15) is 9.59 Å². The molecule has 0 heterocycles. The summed E-state index contributed by atoms with van der Waals surface area (Å²) in [6.45, 7) is 2.01. The first kappa shape index (κ1) is 19.8. The molecule has 2 rings (SSSR count). The van der Waals surface area contributed by atoms with Gasteiger partial charge in [-0.15, -0.1) is 11.8 Å². The topological polar surface area (TPSA) is 64.6 Å². The van der Waals surface area contributed by atoms with E-state index in [4.69, 9.17) is 9.47 Å². The third-order valence-electron chi connectivity index (χ3n) is 3.83. The average molecular weight is 373 g/mol. The summed E-state index contributed by atoms with van der Waals surface area (Å²) in [5.74, 6) is 2.42. The van der Waals surface area contributed by atoms with Crippen molar-refractivity contribution in [1.29, 1.82) is 0 Å². The van der Waals surface area contributed by atoms with E-state index in [0.717, 1.165) is 22.6 Å². The second-order valence-electron chi connectivity index (χ2n) is 5.70. The van der Waals surface area contributed by atoms with Crippen LogP contribution in [0.4, 0.5) is 0 Å². The minimum atomic E-state index is -0.0347. The number of Topliss-reactive ketones (excluding diaryl/α,β-unsaturated/α-hetero) is 1. The molecule has 2 aromatic rings. The molecule has 26 heavy (non-hydrogen) atoms. The fourth-order valence-electron chi connectivity index (χ4n) is 2.36. The van der Waals surface area contributed by atoms with Crippen LogP contribution in [0.5, 0.6) is 11.5 Å². The Balaban J connectivity index is 1.82. The third-order valence-corrected chi connectivity index (χ3v) is 4.81. The SMILES string of the molecule is COc1ccc(CNC(=O)CSCc2cc(C(C)=O)ccc2OC)cc1. The van der Waals surface area contributed by atoms with Gasteiger partial charge < -0.3 is 14.8 Å². The van der Waals surface area contributed by atoms with Crippen LogP contribution < -0.4 is 14.8 Å². The van der Waals surface area contributed by atoms with Gasteiger partial charge in [0.05, 0.1) is 20.0 Å². The maximum atomic E-state index is 12.0. The van der Waals surface area contributed by atoms with Crippen LogP contribution in [0, 0.1) is 0 Å². The fraction of sp³-hybridized carbons (Fsp3) is 0.300. The molecular formula is C20H23NO4S. The van der Waals surface area contributed by atoms with Gasteiger partial charge in [0, 0.05) is 23.4 Å². The first-order chi connectivity index (χ1) is 12.5. The van der Waals surface area contributed by atoms with Gasteiger partial charge in [-0.3, -0.25) is 9.59 Å². The normalized spacial score (nSPS) is 10.3. The van der Waals surface area contributed by atoms with Gasteiger partial charge in [0.25, 0.3) is 0 Å². The van der Waals surface area contributed by atoms with Gasteiger partial charge in [-0.1, -0.05) is 12.1 Å². The van der Waals surface area contributed by atoms with Crippen molar-refractivity contribution in [2.45, 2.75) is 19.2 Å². The molecule has 0 radical (unpaired) electrons. The maximum Gasteiger partial charge on any atom is 0.230 e. The van der Waals surface area contributed by atoms with Crippen LogP contribution >= 0.6 is 11.8 Å². The molecular weight excluding hydrogens is 350 g/mol. The van der Waals surface area contributed by atoms with E-state index in [1.54, 1.807) is 26.4 Å². The van der Waals surface area contributed by atoms with Gasteiger partial charge in [0.1, 0.15) is 11.5 Å². The highest BCUT2D eigenvalue weighted by molar-refractivity contribution is 7.99. The van der Waals surface area contributed by atoms with Gasteiger partial charge >= 0.3 is 0 Å². The molecule has 0 bridgehead atoms. The summed E-state index contributed by atoms with van der Waals surface area (Å²) in [6.07, 6.45) is 0. The van der Waals surface area contributed by atoms with Gasteiger partial charge in [-0.2, -0.15) is 0 Å². The Bertz CT molecular complexity index is 759. The zero-order valence-electron chi connectivity index (χ0n) is 15.2. The number of rotatable bonds is 9. The van der Waals surface area contributed by atoms with Crippen LogP contribution in [-0.2, 0) is 17.1 Å². The van der Waals surface area contributed by atoms with Crippen molar-refractivity contribution in [2.75, 3.05) is 20.0 Å². The largest absolute Gasteiger partial charge is 0.497 e. The average Bonchev–Trinajstić information content (AvgIpc) is 2.66. The van der Waals surface area contributed by atoms with Crippen molar-refractivity contribution in [1.82, 2.24) is 5.32 Å². The molecule has 0 aliphatic carbocycles. The number of carbonyl (C=O) groups is 2. The summed E-state index contributed by atoms with van der Waals surface area (Å²) < 4.78 is 10.4. The van der Waals surface area contributed by atoms with Crippen molar-refractivity contribution in [3.63, 3.8) is 0 Å². The second kappa shape index (κ2) is 9.87. The molecule has 1 N–H and O–H groups in total. The van der Waals surface area contributed by atoms with Gasteiger partial charge in [0.2, 0.25) is 5.91 Å². The molecule has 5 nitrogen and oxygen atoms in total. The Labute approximate surface area is 158 Å². The molecule has 0 atom stereocenters. The van der Waals surface area contributed by atoms with Gasteiger partial charge in [-0.25, -0.2) is 0 Å². The Morgan fingerprint density at radius 2 is 1.77 bits per heavy atom. The number of thioether (sulfide) groups is 1. The lowest BCUT2D eigenvalue weighted by Crippen LogP contribution is -2.24. The molecule has 0 aliphatic heterocycles. The van der Waals surface area contributed by atoms with Crippen molar-refractivity contribution in [3.8, 4) is 11.5 Å². The van der Waals surface area contributed by atoms with Crippen LogP contribution in [0.25, 0.3) is 0 Å². The van der Waals surface area contributed by atoms with Crippen molar-refractivity contribution in [3.05, 3.63) is 59.2 Å². The molecule has 0 spiro atoms. The minimum absolute atomic E-state index is 0.0103. The van der Waals surface area contributed by atoms with E-state index >= 15 is 0 Å². The minimum Gasteiger partial charge on any atom is -0.497 e. The van der Waals surface area contributed by atoms with Crippen LogP contribution in [0.1, 0.15) is 28.4 Å². The van der Waals surface area contributed by atoms with E-state index in [1.807, 2.05) is 30.3 Å². The Hall–Kier alpha value is -2.47. The third kappa shape index (κ3) is 5.81. The fourth-order valence-corrected chi connectivity index (χ4v) is 3.19. The lowest BCUT2D eigenvalue weighted by atomic mass is 10.1. The molecule has 0 aliphatic rings. The molecule has 0 saturated carbocycles. The van der Waals surface area contributed by atoms with Gasteiger partial charge in [-0.05, 0) is 42.8 Å². The van der Waals surface area contributed by atoms with E-state index in [2.05, 4.69) is 5.32 Å². The van der Waals surface area contributed by atoms with Crippen LogP contribution in [0.3, 0.4) is 0 Å².